The average molecular weight is 341 g/mol. The van der Waals surface area contributed by atoms with Gasteiger partial charge in [-0.1, -0.05) is 0 Å². The van der Waals surface area contributed by atoms with Crippen LogP contribution >= 0.6 is 0 Å². The van der Waals surface area contributed by atoms with Crippen LogP contribution in [0.5, 0.6) is 0 Å². The maximum atomic E-state index is 11.8. The van der Waals surface area contributed by atoms with Crippen LogP contribution in [0.2, 0.25) is 0 Å². The van der Waals surface area contributed by atoms with Gasteiger partial charge in [0, 0.05) is 53.4 Å². The smallest absolute Gasteiger partial charge is 0.239 e. The minimum Gasteiger partial charge on any atom is -0.383 e. The van der Waals surface area contributed by atoms with Gasteiger partial charge in [0.25, 0.3) is 0 Å². The summed E-state index contributed by atoms with van der Waals surface area (Å²) in [5.41, 5.74) is 0. The standard InChI is InChI=1S/C16H31N5O3/c1-17-16(19-11-15(22)18-4-8-23-2)21-5-3-14(13-21)12-20-6-9-24-10-7-20/h14H,3-13H2,1-2H3,(H,17,19)(H,18,22). The molecule has 24 heavy (non-hydrogen) atoms. The second-order valence-electron chi connectivity index (χ2n) is 6.26. The number of carbonyl (C=O) groups excluding carboxylic acids is 1. The Morgan fingerprint density at radius 1 is 1.29 bits per heavy atom. The Balaban J connectivity index is 1.68. The number of hydrogen-bond acceptors (Lipinski definition) is 5. The number of amides is 1. The van der Waals surface area contributed by atoms with E-state index in [0.29, 0.717) is 19.1 Å². The highest BCUT2D eigenvalue weighted by Gasteiger charge is 2.27. The van der Waals surface area contributed by atoms with Crippen LogP contribution in [0.1, 0.15) is 6.42 Å². The molecule has 2 N–H and O–H groups in total. The molecule has 0 aromatic carbocycles. The van der Waals surface area contributed by atoms with Gasteiger partial charge in [-0.05, 0) is 12.3 Å². The third kappa shape index (κ3) is 6.26. The maximum Gasteiger partial charge on any atom is 0.239 e. The number of guanidine groups is 1. The molecule has 2 aliphatic rings. The number of hydrogen-bond donors (Lipinski definition) is 2. The quantitative estimate of drug-likeness (QED) is 0.351. The van der Waals surface area contributed by atoms with Crippen molar-refractivity contribution in [1.29, 1.82) is 0 Å². The van der Waals surface area contributed by atoms with E-state index in [-0.39, 0.29) is 12.5 Å². The Morgan fingerprint density at radius 3 is 2.79 bits per heavy atom. The highest BCUT2D eigenvalue weighted by Crippen LogP contribution is 2.18. The van der Waals surface area contributed by atoms with Crippen LogP contribution < -0.4 is 10.6 Å². The van der Waals surface area contributed by atoms with E-state index in [2.05, 4.69) is 25.4 Å². The van der Waals surface area contributed by atoms with Gasteiger partial charge in [0.2, 0.25) is 5.91 Å². The lowest BCUT2D eigenvalue weighted by Crippen LogP contribution is -2.45. The molecule has 0 aromatic heterocycles. The summed E-state index contributed by atoms with van der Waals surface area (Å²) in [6.45, 7) is 8.14. The molecule has 2 aliphatic heterocycles. The zero-order valence-electron chi connectivity index (χ0n) is 14.9. The molecular weight excluding hydrogens is 310 g/mol. The molecule has 0 aliphatic carbocycles. The molecule has 0 aromatic rings. The predicted octanol–water partition coefficient (Wildman–Crippen LogP) is -1.02. The summed E-state index contributed by atoms with van der Waals surface area (Å²) in [7, 11) is 3.38. The van der Waals surface area contributed by atoms with Crippen molar-refractivity contribution in [3.05, 3.63) is 0 Å². The summed E-state index contributed by atoms with van der Waals surface area (Å²) in [4.78, 5) is 20.8. The molecule has 0 saturated carbocycles. The lowest BCUT2D eigenvalue weighted by molar-refractivity contribution is -0.120. The molecule has 1 atom stereocenters. The Kier molecular flexibility index (Phi) is 8.27. The number of methoxy groups -OCH3 is 1. The molecule has 0 bridgehead atoms. The van der Waals surface area contributed by atoms with E-state index < -0.39 is 0 Å². The van der Waals surface area contributed by atoms with Gasteiger partial charge in [0.15, 0.2) is 5.96 Å². The molecule has 2 rings (SSSR count). The summed E-state index contributed by atoms with van der Waals surface area (Å²) in [6, 6.07) is 0. The van der Waals surface area contributed by atoms with Crippen molar-refractivity contribution < 1.29 is 14.3 Å². The minimum atomic E-state index is -0.0442. The van der Waals surface area contributed by atoms with Crippen LogP contribution in [0.15, 0.2) is 4.99 Å². The molecular formula is C16H31N5O3. The monoisotopic (exact) mass is 341 g/mol. The van der Waals surface area contributed by atoms with Crippen molar-refractivity contribution in [2.45, 2.75) is 6.42 Å². The normalized spacial score (nSPS) is 22.7. The number of ether oxygens (including phenoxy) is 2. The van der Waals surface area contributed by atoms with Crippen molar-refractivity contribution in [2.75, 3.05) is 79.8 Å². The number of carbonyl (C=O) groups is 1. The topological polar surface area (TPSA) is 78.4 Å². The lowest BCUT2D eigenvalue weighted by Gasteiger charge is -2.29. The molecule has 8 nitrogen and oxygen atoms in total. The fourth-order valence-electron chi connectivity index (χ4n) is 3.17. The van der Waals surface area contributed by atoms with E-state index in [0.717, 1.165) is 58.3 Å². The molecule has 2 saturated heterocycles. The number of aliphatic imine (C=N–C) groups is 1. The number of likely N-dealkylation sites (tertiary alicyclic amines) is 1. The van der Waals surface area contributed by atoms with Crippen molar-refractivity contribution in [3.63, 3.8) is 0 Å². The van der Waals surface area contributed by atoms with E-state index in [1.807, 2.05) is 0 Å². The van der Waals surface area contributed by atoms with Crippen molar-refractivity contribution in [1.82, 2.24) is 20.4 Å². The summed E-state index contributed by atoms with van der Waals surface area (Å²) < 4.78 is 10.3. The predicted molar refractivity (Wildman–Crippen MR) is 93.2 cm³/mol. The fraction of sp³-hybridized carbons (Fsp3) is 0.875. The van der Waals surface area contributed by atoms with E-state index in [1.165, 1.54) is 0 Å². The lowest BCUT2D eigenvalue weighted by atomic mass is 10.1. The van der Waals surface area contributed by atoms with Crippen molar-refractivity contribution >= 4 is 11.9 Å². The fourth-order valence-corrected chi connectivity index (χ4v) is 3.17. The molecule has 2 fully saturated rings. The van der Waals surface area contributed by atoms with Gasteiger partial charge < -0.3 is 25.0 Å². The number of morpholine rings is 1. The van der Waals surface area contributed by atoms with Crippen LogP contribution in [0.25, 0.3) is 0 Å². The molecule has 0 radical (unpaired) electrons. The van der Waals surface area contributed by atoms with Crippen LogP contribution in [0, 0.1) is 5.92 Å². The molecule has 8 heteroatoms. The first-order valence-corrected chi connectivity index (χ1v) is 8.74. The zero-order valence-corrected chi connectivity index (χ0v) is 14.9. The van der Waals surface area contributed by atoms with E-state index in [9.17, 15) is 4.79 Å². The van der Waals surface area contributed by atoms with Gasteiger partial charge in [-0.15, -0.1) is 0 Å². The van der Waals surface area contributed by atoms with Crippen LogP contribution in [-0.2, 0) is 14.3 Å². The molecule has 1 unspecified atom stereocenters. The van der Waals surface area contributed by atoms with Crippen LogP contribution in [-0.4, -0.2) is 101 Å². The number of rotatable bonds is 7. The second kappa shape index (κ2) is 10.5. The van der Waals surface area contributed by atoms with Gasteiger partial charge in [-0.3, -0.25) is 14.7 Å². The molecule has 138 valence electrons. The second-order valence-corrected chi connectivity index (χ2v) is 6.26. The third-order valence-electron chi connectivity index (χ3n) is 4.45. The average Bonchev–Trinajstić information content (AvgIpc) is 3.05. The Morgan fingerprint density at radius 2 is 2.08 bits per heavy atom. The first-order chi connectivity index (χ1) is 11.7. The maximum absolute atomic E-state index is 11.8. The number of nitrogens with zero attached hydrogens (tertiary/aromatic N) is 3. The summed E-state index contributed by atoms with van der Waals surface area (Å²) >= 11 is 0. The minimum absolute atomic E-state index is 0.0442. The first kappa shape index (κ1) is 19.0. The highest BCUT2D eigenvalue weighted by atomic mass is 16.5. The zero-order chi connectivity index (χ0) is 17.2. The molecule has 2 heterocycles. The van der Waals surface area contributed by atoms with E-state index in [4.69, 9.17) is 9.47 Å². The van der Waals surface area contributed by atoms with Crippen molar-refractivity contribution in [2.24, 2.45) is 10.9 Å². The van der Waals surface area contributed by atoms with Crippen molar-refractivity contribution in [3.8, 4) is 0 Å². The van der Waals surface area contributed by atoms with Gasteiger partial charge in [0.05, 0.1) is 26.4 Å². The largest absolute Gasteiger partial charge is 0.383 e. The van der Waals surface area contributed by atoms with Crippen LogP contribution in [0.3, 0.4) is 0 Å². The summed E-state index contributed by atoms with van der Waals surface area (Å²) in [5.74, 6) is 1.41. The van der Waals surface area contributed by atoms with E-state index >= 15 is 0 Å². The summed E-state index contributed by atoms with van der Waals surface area (Å²) in [6.07, 6.45) is 1.16. The van der Waals surface area contributed by atoms with Gasteiger partial charge in [-0.25, -0.2) is 0 Å². The summed E-state index contributed by atoms with van der Waals surface area (Å²) in [5, 5.41) is 5.95. The Bertz CT molecular complexity index is 413. The van der Waals surface area contributed by atoms with Gasteiger partial charge in [-0.2, -0.15) is 0 Å². The molecule has 0 spiro atoms. The van der Waals surface area contributed by atoms with Gasteiger partial charge in [0.1, 0.15) is 0 Å². The Labute approximate surface area is 144 Å². The highest BCUT2D eigenvalue weighted by molar-refractivity contribution is 5.86. The van der Waals surface area contributed by atoms with Crippen LogP contribution in [0.4, 0.5) is 0 Å². The number of nitrogens with one attached hydrogen (secondary N) is 2. The third-order valence-corrected chi connectivity index (χ3v) is 4.45. The molecule has 1 amide bonds. The Hall–Kier alpha value is -1.38. The van der Waals surface area contributed by atoms with Gasteiger partial charge >= 0.3 is 0 Å². The SMILES string of the molecule is CN=C(NCC(=O)NCCOC)N1CCC(CN2CCOCC2)C1. The van der Waals surface area contributed by atoms with E-state index in [1.54, 1.807) is 14.2 Å². The first-order valence-electron chi connectivity index (χ1n) is 8.74.